The second kappa shape index (κ2) is 8.03. The molecule has 1 aromatic heterocycles. The van der Waals surface area contributed by atoms with Crippen LogP contribution in [-0.2, 0) is 9.53 Å². The second-order valence-electron chi connectivity index (χ2n) is 5.23. The topological polar surface area (TPSA) is 81.2 Å². The molecule has 0 unspecified atom stereocenters. The van der Waals surface area contributed by atoms with Gasteiger partial charge in [-0.25, -0.2) is 9.78 Å². The lowest BCUT2D eigenvalue weighted by atomic mass is 10.0. The number of benzene rings is 1. The molecule has 0 bridgehead atoms. The van der Waals surface area contributed by atoms with Crippen molar-refractivity contribution in [3.63, 3.8) is 0 Å². The number of aromatic nitrogens is 2. The monoisotopic (exact) mass is 313 g/mol. The van der Waals surface area contributed by atoms with Crippen LogP contribution >= 0.6 is 0 Å². The van der Waals surface area contributed by atoms with Crippen LogP contribution in [0, 0.1) is 6.92 Å². The zero-order valence-electron chi connectivity index (χ0n) is 13.2. The molecule has 0 saturated heterocycles. The fourth-order valence-corrected chi connectivity index (χ4v) is 1.92. The summed E-state index contributed by atoms with van der Waals surface area (Å²) < 4.78 is 4.91. The lowest BCUT2D eigenvalue weighted by molar-refractivity contribution is -0.124. The van der Waals surface area contributed by atoms with Crippen LogP contribution in [0.1, 0.15) is 34.6 Å². The molecule has 0 aliphatic rings. The van der Waals surface area contributed by atoms with E-state index >= 15 is 0 Å². The second-order valence-corrected chi connectivity index (χ2v) is 5.23. The van der Waals surface area contributed by atoms with Crippen molar-refractivity contribution in [2.75, 3.05) is 13.2 Å². The molecule has 0 aliphatic carbocycles. The quantitative estimate of drug-likeness (QED) is 0.823. The van der Waals surface area contributed by atoms with Gasteiger partial charge in [0.2, 0.25) is 0 Å². The van der Waals surface area contributed by atoms with Crippen molar-refractivity contribution in [3.05, 3.63) is 59.7 Å². The molecule has 6 nitrogen and oxygen atoms in total. The Morgan fingerprint density at radius 2 is 1.91 bits per heavy atom. The molecule has 2 aromatic rings. The molecule has 0 radical (unpaired) electrons. The molecule has 120 valence electrons. The maximum atomic E-state index is 11.7. The van der Waals surface area contributed by atoms with E-state index < -0.39 is 5.97 Å². The summed E-state index contributed by atoms with van der Waals surface area (Å²) in [5.74, 6) is -0.830. The number of nitrogens with one attached hydrogen (secondary N) is 1. The Hall–Kier alpha value is -2.76. The summed E-state index contributed by atoms with van der Waals surface area (Å²) in [6.45, 7) is 3.92. The van der Waals surface area contributed by atoms with Crippen molar-refractivity contribution in [3.8, 4) is 0 Å². The van der Waals surface area contributed by atoms with Crippen LogP contribution in [0.25, 0.3) is 0 Å². The third-order valence-electron chi connectivity index (χ3n) is 3.30. The van der Waals surface area contributed by atoms with E-state index in [9.17, 15) is 9.59 Å². The summed E-state index contributed by atoms with van der Waals surface area (Å²) >= 11 is 0. The first-order chi connectivity index (χ1) is 11.1. The first-order valence-electron chi connectivity index (χ1n) is 7.33. The van der Waals surface area contributed by atoms with Crippen molar-refractivity contribution >= 4 is 11.9 Å². The van der Waals surface area contributed by atoms with Crippen LogP contribution in [0.3, 0.4) is 0 Å². The molecule has 1 amide bonds. The third-order valence-corrected chi connectivity index (χ3v) is 3.30. The van der Waals surface area contributed by atoms with Gasteiger partial charge in [-0.1, -0.05) is 37.3 Å². The number of carbonyl (C=O) groups is 2. The number of hydrogen-bond acceptors (Lipinski definition) is 5. The van der Waals surface area contributed by atoms with Gasteiger partial charge in [-0.05, 0) is 18.4 Å². The van der Waals surface area contributed by atoms with Gasteiger partial charge in [-0.15, -0.1) is 0 Å². The van der Waals surface area contributed by atoms with Gasteiger partial charge in [0.1, 0.15) is 0 Å². The molecule has 1 heterocycles. The molecule has 6 heteroatoms. The van der Waals surface area contributed by atoms with Gasteiger partial charge in [0.15, 0.2) is 12.3 Å². The summed E-state index contributed by atoms with van der Waals surface area (Å²) in [7, 11) is 0. The van der Waals surface area contributed by atoms with E-state index in [0.29, 0.717) is 12.2 Å². The van der Waals surface area contributed by atoms with Crippen molar-refractivity contribution in [1.82, 2.24) is 15.3 Å². The van der Waals surface area contributed by atoms with E-state index in [0.717, 1.165) is 5.56 Å². The number of hydrogen-bond donors (Lipinski definition) is 1. The van der Waals surface area contributed by atoms with Gasteiger partial charge in [-0.3, -0.25) is 9.78 Å². The molecule has 2 rings (SSSR count). The number of carbonyl (C=O) groups excluding carboxylic acids is 2. The highest BCUT2D eigenvalue weighted by Gasteiger charge is 2.13. The van der Waals surface area contributed by atoms with Crippen molar-refractivity contribution in [2.45, 2.75) is 19.8 Å². The van der Waals surface area contributed by atoms with Gasteiger partial charge in [0.05, 0.1) is 11.9 Å². The molecule has 23 heavy (non-hydrogen) atoms. The molecule has 0 spiro atoms. The van der Waals surface area contributed by atoms with Crippen LogP contribution in [0.15, 0.2) is 42.7 Å². The molecule has 0 saturated carbocycles. The van der Waals surface area contributed by atoms with E-state index in [4.69, 9.17) is 4.74 Å². The SMILES string of the molecule is Cc1cnc(C(=O)OCC(=O)NC[C@H](C)c2ccccc2)cn1. The number of aryl methyl sites for hydroxylation is 1. The van der Waals surface area contributed by atoms with Gasteiger partial charge in [0.25, 0.3) is 5.91 Å². The summed E-state index contributed by atoms with van der Waals surface area (Å²) in [6, 6.07) is 9.87. The fraction of sp³-hybridized carbons (Fsp3) is 0.294. The van der Waals surface area contributed by atoms with Crippen molar-refractivity contribution < 1.29 is 14.3 Å². The van der Waals surface area contributed by atoms with E-state index in [1.54, 1.807) is 6.92 Å². The van der Waals surface area contributed by atoms with Crippen LogP contribution in [0.5, 0.6) is 0 Å². The lowest BCUT2D eigenvalue weighted by Crippen LogP contribution is -2.31. The lowest BCUT2D eigenvalue weighted by Gasteiger charge is -2.13. The predicted molar refractivity (Wildman–Crippen MR) is 84.9 cm³/mol. The first kappa shape index (κ1) is 16.6. The largest absolute Gasteiger partial charge is 0.451 e. The van der Waals surface area contributed by atoms with Crippen LogP contribution in [0.4, 0.5) is 0 Å². The molecular formula is C17H19N3O3. The average molecular weight is 313 g/mol. The van der Waals surface area contributed by atoms with Crippen LogP contribution in [0.2, 0.25) is 0 Å². The van der Waals surface area contributed by atoms with E-state index in [-0.39, 0.29) is 24.1 Å². The predicted octanol–water partition coefficient (Wildman–Crippen LogP) is 1.86. The Balaban J connectivity index is 1.75. The highest BCUT2D eigenvalue weighted by molar-refractivity contribution is 5.89. The fourth-order valence-electron chi connectivity index (χ4n) is 1.92. The molecule has 1 aromatic carbocycles. The molecule has 0 aliphatic heterocycles. The highest BCUT2D eigenvalue weighted by atomic mass is 16.5. The number of amides is 1. The Bertz CT molecular complexity index is 657. The van der Waals surface area contributed by atoms with Gasteiger partial charge in [0, 0.05) is 12.7 Å². The molecule has 1 N–H and O–H groups in total. The third kappa shape index (κ3) is 5.18. The summed E-state index contributed by atoms with van der Waals surface area (Å²) in [4.78, 5) is 31.3. The molecule has 0 fully saturated rings. The smallest absolute Gasteiger partial charge is 0.359 e. The summed E-state index contributed by atoms with van der Waals surface area (Å²) in [6.07, 6.45) is 2.80. The standard InChI is InChI=1S/C17H19N3O3/c1-12(14-6-4-3-5-7-14)8-20-16(21)11-23-17(22)15-10-18-13(2)9-19-15/h3-7,9-10,12H,8,11H2,1-2H3,(H,20,21)/t12-/m0/s1. The zero-order valence-corrected chi connectivity index (χ0v) is 13.2. The van der Waals surface area contributed by atoms with E-state index in [1.165, 1.54) is 12.4 Å². The molecular weight excluding hydrogens is 294 g/mol. The number of rotatable bonds is 6. The summed E-state index contributed by atoms with van der Waals surface area (Å²) in [5.41, 5.74) is 1.93. The Kier molecular flexibility index (Phi) is 5.80. The van der Waals surface area contributed by atoms with Gasteiger partial charge in [-0.2, -0.15) is 0 Å². The highest BCUT2D eigenvalue weighted by Crippen LogP contribution is 2.12. The average Bonchev–Trinajstić information content (AvgIpc) is 2.59. The van der Waals surface area contributed by atoms with Crippen LogP contribution in [-0.4, -0.2) is 35.0 Å². The van der Waals surface area contributed by atoms with Crippen LogP contribution < -0.4 is 5.32 Å². The summed E-state index contributed by atoms with van der Waals surface area (Å²) in [5, 5.41) is 2.74. The van der Waals surface area contributed by atoms with Crippen molar-refractivity contribution in [1.29, 1.82) is 0 Å². The molecule has 1 atom stereocenters. The van der Waals surface area contributed by atoms with E-state index in [1.807, 2.05) is 37.3 Å². The number of esters is 1. The Labute approximate surface area is 134 Å². The normalized spacial score (nSPS) is 11.6. The van der Waals surface area contributed by atoms with Gasteiger partial charge >= 0.3 is 5.97 Å². The Morgan fingerprint density at radius 1 is 1.17 bits per heavy atom. The maximum Gasteiger partial charge on any atom is 0.359 e. The first-order valence-corrected chi connectivity index (χ1v) is 7.33. The minimum Gasteiger partial charge on any atom is -0.451 e. The van der Waals surface area contributed by atoms with Gasteiger partial charge < -0.3 is 10.1 Å². The number of ether oxygens (including phenoxy) is 1. The zero-order chi connectivity index (χ0) is 16.7. The van der Waals surface area contributed by atoms with Crippen molar-refractivity contribution in [2.24, 2.45) is 0 Å². The minimum atomic E-state index is -0.663. The van der Waals surface area contributed by atoms with E-state index in [2.05, 4.69) is 15.3 Å². The number of nitrogens with zero attached hydrogens (tertiary/aromatic N) is 2. The minimum absolute atomic E-state index is 0.0843. The maximum absolute atomic E-state index is 11.7. The Morgan fingerprint density at radius 3 is 2.57 bits per heavy atom.